The Morgan fingerprint density at radius 2 is 2.12 bits per heavy atom. The van der Waals surface area contributed by atoms with Gasteiger partial charge in [-0.15, -0.1) is 0 Å². The quantitative estimate of drug-likeness (QED) is 0.601. The van der Waals surface area contributed by atoms with Crippen LogP contribution in [0.3, 0.4) is 0 Å². The molecule has 0 unspecified atom stereocenters. The molecular weight excluding hydrogens is 214 g/mol. The third-order valence-electron chi connectivity index (χ3n) is 2.46. The molecule has 94 valence electrons. The fourth-order valence-electron chi connectivity index (χ4n) is 1.65. The van der Waals surface area contributed by atoms with Gasteiger partial charge in [0, 0.05) is 18.3 Å². The molecule has 17 heavy (non-hydrogen) atoms. The molecule has 0 aliphatic carbocycles. The van der Waals surface area contributed by atoms with Crippen LogP contribution in [0.15, 0.2) is 6.07 Å². The standard InChI is InChI=1S/C12H21N5/c1-5-6-17(8(2)3)12-15-9(4)7-10(16-12)11(13)14/h7-8H,5-6H2,1-4H3,(H3,13,14). The molecule has 0 aromatic carbocycles. The van der Waals surface area contributed by atoms with Crippen LogP contribution in [0.2, 0.25) is 0 Å². The van der Waals surface area contributed by atoms with E-state index in [0.29, 0.717) is 17.7 Å². The molecule has 0 atom stereocenters. The van der Waals surface area contributed by atoms with Gasteiger partial charge >= 0.3 is 0 Å². The van der Waals surface area contributed by atoms with Crippen molar-refractivity contribution in [3.8, 4) is 0 Å². The normalized spacial score (nSPS) is 10.6. The van der Waals surface area contributed by atoms with E-state index in [1.54, 1.807) is 6.07 Å². The zero-order chi connectivity index (χ0) is 13.0. The van der Waals surface area contributed by atoms with Crippen LogP contribution in [0.4, 0.5) is 5.95 Å². The minimum absolute atomic E-state index is 0.0167. The lowest BCUT2D eigenvalue weighted by atomic mass is 10.3. The maximum Gasteiger partial charge on any atom is 0.226 e. The lowest BCUT2D eigenvalue weighted by molar-refractivity contribution is 0.649. The zero-order valence-corrected chi connectivity index (χ0v) is 11.0. The van der Waals surface area contributed by atoms with Crippen molar-refractivity contribution in [2.45, 2.75) is 40.2 Å². The van der Waals surface area contributed by atoms with Crippen molar-refractivity contribution in [1.82, 2.24) is 9.97 Å². The van der Waals surface area contributed by atoms with E-state index in [1.807, 2.05) is 6.92 Å². The predicted molar refractivity (Wildman–Crippen MR) is 70.6 cm³/mol. The van der Waals surface area contributed by atoms with E-state index in [-0.39, 0.29) is 5.84 Å². The van der Waals surface area contributed by atoms with Crippen LogP contribution in [0, 0.1) is 12.3 Å². The largest absolute Gasteiger partial charge is 0.382 e. The van der Waals surface area contributed by atoms with Crippen molar-refractivity contribution in [2.24, 2.45) is 5.73 Å². The number of amidine groups is 1. The van der Waals surface area contributed by atoms with E-state index in [0.717, 1.165) is 18.7 Å². The van der Waals surface area contributed by atoms with E-state index < -0.39 is 0 Å². The van der Waals surface area contributed by atoms with Crippen molar-refractivity contribution >= 4 is 11.8 Å². The molecule has 5 nitrogen and oxygen atoms in total. The summed E-state index contributed by atoms with van der Waals surface area (Å²) in [6.07, 6.45) is 1.03. The summed E-state index contributed by atoms with van der Waals surface area (Å²) in [5.41, 5.74) is 6.81. The summed E-state index contributed by atoms with van der Waals surface area (Å²) in [7, 11) is 0. The van der Waals surface area contributed by atoms with Gasteiger partial charge in [0.25, 0.3) is 0 Å². The number of nitrogens with one attached hydrogen (secondary N) is 1. The fraction of sp³-hybridized carbons (Fsp3) is 0.583. The minimum atomic E-state index is -0.0167. The highest BCUT2D eigenvalue weighted by Gasteiger charge is 2.14. The Labute approximate surface area is 103 Å². The second-order valence-corrected chi connectivity index (χ2v) is 4.40. The topological polar surface area (TPSA) is 78.9 Å². The van der Waals surface area contributed by atoms with Gasteiger partial charge in [0.1, 0.15) is 11.5 Å². The van der Waals surface area contributed by atoms with Gasteiger partial charge in [-0.25, -0.2) is 9.97 Å². The van der Waals surface area contributed by atoms with Crippen LogP contribution in [0.25, 0.3) is 0 Å². The highest BCUT2D eigenvalue weighted by Crippen LogP contribution is 2.13. The summed E-state index contributed by atoms with van der Waals surface area (Å²) in [6.45, 7) is 9.13. The molecule has 0 aliphatic heterocycles. The smallest absolute Gasteiger partial charge is 0.226 e. The van der Waals surface area contributed by atoms with Crippen molar-refractivity contribution in [2.75, 3.05) is 11.4 Å². The van der Waals surface area contributed by atoms with Crippen LogP contribution in [0.5, 0.6) is 0 Å². The molecule has 1 heterocycles. The first-order chi connectivity index (χ1) is 7.95. The first-order valence-electron chi connectivity index (χ1n) is 5.92. The monoisotopic (exact) mass is 235 g/mol. The van der Waals surface area contributed by atoms with E-state index in [2.05, 4.69) is 35.6 Å². The second kappa shape index (κ2) is 5.61. The van der Waals surface area contributed by atoms with Crippen molar-refractivity contribution < 1.29 is 0 Å². The van der Waals surface area contributed by atoms with Gasteiger partial charge in [0.15, 0.2) is 0 Å². The fourth-order valence-corrected chi connectivity index (χ4v) is 1.65. The molecule has 0 bridgehead atoms. The Balaban J connectivity index is 3.14. The predicted octanol–water partition coefficient (Wildman–Crippen LogP) is 1.69. The van der Waals surface area contributed by atoms with Gasteiger partial charge in [0.2, 0.25) is 5.95 Å². The van der Waals surface area contributed by atoms with Gasteiger partial charge < -0.3 is 10.6 Å². The third kappa shape index (κ3) is 3.41. The summed E-state index contributed by atoms with van der Waals surface area (Å²) >= 11 is 0. The van der Waals surface area contributed by atoms with Gasteiger partial charge in [-0.05, 0) is 33.3 Å². The summed E-state index contributed by atoms with van der Waals surface area (Å²) in [5, 5.41) is 7.45. The first-order valence-corrected chi connectivity index (χ1v) is 5.92. The Morgan fingerprint density at radius 3 is 2.59 bits per heavy atom. The van der Waals surface area contributed by atoms with E-state index in [4.69, 9.17) is 11.1 Å². The van der Waals surface area contributed by atoms with Crippen LogP contribution >= 0.6 is 0 Å². The van der Waals surface area contributed by atoms with E-state index >= 15 is 0 Å². The zero-order valence-electron chi connectivity index (χ0n) is 11.0. The van der Waals surface area contributed by atoms with Gasteiger partial charge in [-0.2, -0.15) is 0 Å². The first kappa shape index (κ1) is 13.4. The van der Waals surface area contributed by atoms with Crippen molar-refractivity contribution in [1.29, 1.82) is 5.41 Å². The van der Waals surface area contributed by atoms with Crippen LogP contribution < -0.4 is 10.6 Å². The summed E-state index contributed by atoms with van der Waals surface area (Å²) in [4.78, 5) is 10.9. The van der Waals surface area contributed by atoms with Gasteiger partial charge in [-0.3, -0.25) is 5.41 Å². The molecule has 1 aromatic rings. The molecule has 0 fully saturated rings. The number of rotatable bonds is 5. The minimum Gasteiger partial charge on any atom is -0.382 e. The lowest BCUT2D eigenvalue weighted by Gasteiger charge is -2.26. The number of hydrogen-bond donors (Lipinski definition) is 2. The number of nitrogens with two attached hydrogens (primary N) is 1. The molecule has 0 radical (unpaired) electrons. The molecule has 0 saturated carbocycles. The molecule has 5 heteroatoms. The highest BCUT2D eigenvalue weighted by atomic mass is 15.3. The Hall–Kier alpha value is -1.65. The van der Waals surface area contributed by atoms with Crippen LogP contribution in [0.1, 0.15) is 38.6 Å². The third-order valence-corrected chi connectivity index (χ3v) is 2.46. The number of nitrogen functional groups attached to an aromatic ring is 1. The van der Waals surface area contributed by atoms with Gasteiger partial charge in [-0.1, -0.05) is 6.92 Å². The number of aromatic nitrogens is 2. The van der Waals surface area contributed by atoms with Crippen LogP contribution in [-0.2, 0) is 0 Å². The number of anilines is 1. The summed E-state index contributed by atoms with van der Waals surface area (Å²) in [5.74, 6) is 0.643. The number of nitrogens with zero attached hydrogens (tertiary/aromatic N) is 3. The molecule has 3 N–H and O–H groups in total. The molecular formula is C12H21N5. The second-order valence-electron chi connectivity index (χ2n) is 4.40. The Bertz CT molecular complexity index is 400. The molecule has 0 aliphatic rings. The van der Waals surface area contributed by atoms with Crippen LogP contribution in [-0.4, -0.2) is 28.4 Å². The Kier molecular flexibility index (Phi) is 4.43. The molecule has 0 spiro atoms. The van der Waals surface area contributed by atoms with E-state index in [9.17, 15) is 0 Å². The molecule has 1 aromatic heterocycles. The summed E-state index contributed by atoms with van der Waals surface area (Å²) < 4.78 is 0. The van der Waals surface area contributed by atoms with Gasteiger partial charge in [0.05, 0.1) is 0 Å². The SMILES string of the molecule is CCCN(c1nc(C)cc(C(=N)N)n1)C(C)C. The van der Waals surface area contributed by atoms with Crippen molar-refractivity contribution in [3.63, 3.8) is 0 Å². The number of hydrogen-bond acceptors (Lipinski definition) is 4. The Morgan fingerprint density at radius 1 is 1.47 bits per heavy atom. The highest BCUT2D eigenvalue weighted by molar-refractivity contribution is 5.93. The molecule has 0 amide bonds. The maximum absolute atomic E-state index is 7.45. The molecule has 1 rings (SSSR count). The van der Waals surface area contributed by atoms with E-state index in [1.165, 1.54) is 0 Å². The van der Waals surface area contributed by atoms with Crippen molar-refractivity contribution in [3.05, 3.63) is 17.5 Å². The number of aryl methyl sites for hydroxylation is 1. The average molecular weight is 235 g/mol. The maximum atomic E-state index is 7.45. The average Bonchev–Trinajstić information content (AvgIpc) is 2.24. The lowest BCUT2D eigenvalue weighted by Crippen LogP contribution is -2.33. The summed E-state index contributed by atoms with van der Waals surface area (Å²) in [6, 6.07) is 2.06. The molecule has 0 saturated heterocycles.